The van der Waals surface area contributed by atoms with E-state index in [9.17, 15) is 0 Å². The molecule has 0 amide bonds. The number of hydrogen-bond acceptors (Lipinski definition) is 2. The number of anilines is 1. The fourth-order valence-corrected chi connectivity index (χ4v) is 2.64. The van der Waals surface area contributed by atoms with Gasteiger partial charge in [0, 0.05) is 11.8 Å². The van der Waals surface area contributed by atoms with Gasteiger partial charge in [-0.3, -0.25) is 4.40 Å². The summed E-state index contributed by atoms with van der Waals surface area (Å²) in [5, 5.41) is 0. The van der Waals surface area contributed by atoms with E-state index in [-0.39, 0.29) is 0 Å². The van der Waals surface area contributed by atoms with Crippen molar-refractivity contribution in [1.82, 2.24) is 9.38 Å². The van der Waals surface area contributed by atoms with Crippen LogP contribution in [0.1, 0.15) is 22.3 Å². The minimum atomic E-state index is 0.704. The van der Waals surface area contributed by atoms with E-state index in [1.807, 2.05) is 16.7 Å². The van der Waals surface area contributed by atoms with Gasteiger partial charge in [-0.05, 0) is 62.1 Å². The van der Waals surface area contributed by atoms with E-state index < -0.39 is 0 Å². The third-order valence-corrected chi connectivity index (χ3v) is 3.98. The molecule has 3 nitrogen and oxygen atoms in total. The monoisotopic (exact) mass is 265 g/mol. The van der Waals surface area contributed by atoms with Crippen molar-refractivity contribution in [2.75, 3.05) is 5.73 Å². The van der Waals surface area contributed by atoms with Gasteiger partial charge in [-0.25, -0.2) is 4.98 Å². The third-order valence-electron chi connectivity index (χ3n) is 3.98. The van der Waals surface area contributed by atoms with Gasteiger partial charge >= 0.3 is 0 Å². The second-order valence-electron chi connectivity index (χ2n) is 5.48. The lowest BCUT2D eigenvalue weighted by Crippen LogP contribution is -1.96. The van der Waals surface area contributed by atoms with E-state index in [2.05, 4.69) is 45.9 Å². The smallest absolute Gasteiger partial charge is 0.142 e. The molecule has 0 saturated carbocycles. The highest BCUT2D eigenvalue weighted by Crippen LogP contribution is 2.31. The molecule has 0 aliphatic rings. The van der Waals surface area contributed by atoms with Crippen molar-refractivity contribution in [2.24, 2.45) is 0 Å². The summed E-state index contributed by atoms with van der Waals surface area (Å²) in [6.45, 7) is 8.41. The zero-order valence-corrected chi connectivity index (χ0v) is 12.4. The maximum absolute atomic E-state index is 6.30. The van der Waals surface area contributed by atoms with Gasteiger partial charge in [0.05, 0.1) is 0 Å². The summed E-state index contributed by atoms with van der Waals surface area (Å²) >= 11 is 0. The first kappa shape index (κ1) is 12.7. The van der Waals surface area contributed by atoms with Crippen LogP contribution in [0.15, 0.2) is 30.5 Å². The second kappa shape index (κ2) is 4.37. The molecule has 0 radical (unpaired) electrons. The van der Waals surface area contributed by atoms with Crippen molar-refractivity contribution >= 4 is 11.5 Å². The Morgan fingerprint density at radius 2 is 1.65 bits per heavy atom. The van der Waals surface area contributed by atoms with Crippen molar-refractivity contribution in [3.05, 3.63) is 52.7 Å². The summed E-state index contributed by atoms with van der Waals surface area (Å²) in [7, 11) is 0. The van der Waals surface area contributed by atoms with E-state index >= 15 is 0 Å². The summed E-state index contributed by atoms with van der Waals surface area (Å²) in [5.74, 6) is 0.704. The highest BCUT2D eigenvalue weighted by molar-refractivity contribution is 5.78. The summed E-state index contributed by atoms with van der Waals surface area (Å²) < 4.78 is 1.96. The summed E-state index contributed by atoms with van der Waals surface area (Å²) in [6.07, 6.45) is 1.96. The van der Waals surface area contributed by atoms with Crippen molar-refractivity contribution in [2.45, 2.75) is 27.7 Å². The Morgan fingerprint density at radius 1 is 0.950 bits per heavy atom. The number of imidazole rings is 1. The number of aryl methyl sites for hydroxylation is 4. The number of hydrogen-bond donors (Lipinski definition) is 1. The van der Waals surface area contributed by atoms with Crippen LogP contribution < -0.4 is 5.73 Å². The van der Waals surface area contributed by atoms with E-state index in [1.165, 1.54) is 16.7 Å². The molecule has 0 bridgehead atoms. The van der Waals surface area contributed by atoms with Crippen LogP contribution in [0.2, 0.25) is 0 Å². The molecule has 0 unspecified atom stereocenters. The molecule has 3 aromatic rings. The summed E-state index contributed by atoms with van der Waals surface area (Å²) in [5.41, 5.74) is 14.1. The first-order valence-corrected chi connectivity index (χ1v) is 6.80. The first-order valence-electron chi connectivity index (χ1n) is 6.80. The molecule has 2 heterocycles. The average molecular weight is 265 g/mol. The van der Waals surface area contributed by atoms with Crippen LogP contribution in [-0.4, -0.2) is 9.38 Å². The molecule has 0 atom stereocenters. The fraction of sp³-hybridized carbons (Fsp3) is 0.235. The number of benzene rings is 1. The number of nitrogens with two attached hydrogens (primary N) is 1. The average Bonchev–Trinajstić information content (AvgIpc) is 2.73. The molecule has 1 aromatic carbocycles. The predicted molar refractivity (Wildman–Crippen MR) is 84.0 cm³/mol. The Hall–Kier alpha value is -2.29. The van der Waals surface area contributed by atoms with E-state index in [0.717, 1.165) is 22.5 Å². The van der Waals surface area contributed by atoms with Crippen LogP contribution in [0.4, 0.5) is 5.82 Å². The highest BCUT2D eigenvalue weighted by Gasteiger charge is 2.15. The SMILES string of the molecule is Cc1cc(C)c(-c2nc3c(C)cccn3c2N)cc1C. The zero-order valence-electron chi connectivity index (χ0n) is 12.4. The van der Waals surface area contributed by atoms with Gasteiger partial charge in [0.25, 0.3) is 0 Å². The third kappa shape index (κ3) is 1.78. The molecule has 2 N–H and O–H groups in total. The number of aromatic nitrogens is 2. The number of nitrogens with zero attached hydrogens (tertiary/aromatic N) is 2. The molecule has 3 rings (SSSR count). The Kier molecular flexibility index (Phi) is 2.78. The highest BCUT2D eigenvalue weighted by atomic mass is 15.1. The van der Waals surface area contributed by atoms with Crippen molar-refractivity contribution in [3.63, 3.8) is 0 Å². The Balaban J connectivity index is 2.33. The molecule has 0 aliphatic carbocycles. The number of rotatable bonds is 1. The van der Waals surface area contributed by atoms with Crippen LogP contribution in [0, 0.1) is 27.7 Å². The molecule has 0 fully saturated rings. The minimum absolute atomic E-state index is 0.704. The van der Waals surface area contributed by atoms with Crippen LogP contribution in [0.3, 0.4) is 0 Å². The summed E-state index contributed by atoms with van der Waals surface area (Å²) in [4.78, 5) is 4.75. The topological polar surface area (TPSA) is 43.3 Å². The normalized spacial score (nSPS) is 11.2. The maximum atomic E-state index is 6.30. The van der Waals surface area contributed by atoms with Gasteiger partial charge in [-0.1, -0.05) is 12.1 Å². The van der Waals surface area contributed by atoms with E-state index in [1.54, 1.807) is 0 Å². The molecule has 3 heteroatoms. The quantitative estimate of drug-likeness (QED) is 0.727. The molecule has 0 aliphatic heterocycles. The standard InChI is InChI=1S/C17H19N3/c1-10-6-5-7-20-16(18)15(19-17(10)20)14-9-12(3)11(2)8-13(14)4/h5-9H,18H2,1-4H3. The fourth-order valence-electron chi connectivity index (χ4n) is 2.64. The van der Waals surface area contributed by atoms with E-state index in [4.69, 9.17) is 10.7 Å². The molecular formula is C17H19N3. The van der Waals surface area contributed by atoms with Crippen LogP contribution in [-0.2, 0) is 0 Å². The lowest BCUT2D eigenvalue weighted by molar-refractivity contribution is 1.17. The molecule has 0 spiro atoms. The van der Waals surface area contributed by atoms with Gasteiger partial charge in [0.15, 0.2) is 0 Å². The molecule has 102 valence electrons. The Bertz CT molecular complexity index is 813. The number of pyridine rings is 1. The molecule has 0 saturated heterocycles. The van der Waals surface area contributed by atoms with Crippen molar-refractivity contribution in [3.8, 4) is 11.3 Å². The lowest BCUT2D eigenvalue weighted by Gasteiger charge is -2.08. The number of fused-ring (bicyclic) bond motifs is 1. The largest absolute Gasteiger partial charge is 0.383 e. The van der Waals surface area contributed by atoms with Gasteiger partial charge in [0.2, 0.25) is 0 Å². The van der Waals surface area contributed by atoms with Gasteiger partial charge in [-0.15, -0.1) is 0 Å². The zero-order chi connectivity index (χ0) is 14.4. The Labute approximate surface area is 119 Å². The van der Waals surface area contributed by atoms with Crippen molar-refractivity contribution in [1.29, 1.82) is 0 Å². The predicted octanol–water partition coefficient (Wildman–Crippen LogP) is 3.82. The Morgan fingerprint density at radius 3 is 2.35 bits per heavy atom. The van der Waals surface area contributed by atoms with Gasteiger partial charge in [0.1, 0.15) is 17.2 Å². The molecule has 20 heavy (non-hydrogen) atoms. The van der Waals surface area contributed by atoms with Crippen LogP contribution in [0.25, 0.3) is 16.9 Å². The van der Waals surface area contributed by atoms with Crippen LogP contribution >= 0.6 is 0 Å². The van der Waals surface area contributed by atoms with Crippen molar-refractivity contribution < 1.29 is 0 Å². The molecule has 2 aromatic heterocycles. The first-order chi connectivity index (χ1) is 9.49. The van der Waals surface area contributed by atoms with E-state index in [0.29, 0.717) is 5.82 Å². The van der Waals surface area contributed by atoms with Gasteiger partial charge in [-0.2, -0.15) is 0 Å². The maximum Gasteiger partial charge on any atom is 0.142 e. The lowest BCUT2D eigenvalue weighted by atomic mass is 9.99. The van der Waals surface area contributed by atoms with Gasteiger partial charge < -0.3 is 5.73 Å². The summed E-state index contributed by atoms with van der Waals surface area (Å²) in [6, 6.07) is 8.43. The van der Waals surface area contributed by atoms with Crippen LogP contribution in [0.5, 0.6) is 0 Å². The minimum Gasteiger partial charge on any atom is -0.383 e. The second-order valence-corrected chi connectivity index (χ2v) is 5.48. The molecular weight excluding hydrogens is 246 g/mol. The number of nitrogen functional groups attached to an aromatic ring is 1.